The van der Waals surface area contributed by atoms with Gasteiger partial charge in [0.05, 0.1) is 5.60 Å². The standard InChI is InChI=1S/C15H22O3/c1-10(2)15-8-7-14(4,18-15)12(9-13(15)17)6-5-11(3)16/h9-10H,5-8H2,1-4H3/t14-,15-/m1/s1. The van der Waals surface area contributed by atoms with Crippen LogP contribution in [0.15, 0.2) is 11.6 Å². The van der Waals surface area contributed by atoms with E-state index in [4.69, 9.17) is 4.74 Å². The van der Waals surface area contributed by atoms with E-state index >= 15 is 0 Å². The Morgan fingerprint density at radius 2 is 2.11 bits per heavy atom. The van der Waals surface area contributed by atoms with E-state index in [-0.39, 0.29) is 23.1 Å². The largest absolute Gasteiger partial charge is 0.356 e. The van der Waals surface area contributed by atoms with Gasteiger partial charge in [0.2, 0.25) is 0 Å². The summed E-state index contributed by atoms with van der Waals surface area (Å²) >= 11 is 0. The smallest absolute Gasteiger partial charge is 0.187 e. The first-order valence-corrected chi connectivity index (χ1v) is 6.75. The van der Waals surface area contributed by atoms with Crippen molar-refractivity contribution in [2.24, 2.45) is 5.92 Å². The second-order valence-electron chi connectivity index (χ2n) is 6.11. The van der Waals surface area contributed by atoms with Gasteiger partial charge in [-0.2, -0.15) is 0 Å². The van der Waals surface area contributed by atoms with Gasteiger partial charge in [0, 0.05) is 6.42 Å². The van der Waals surface area contributed by atoms with Gasteiger partial charge in [-0.15, -0.1) is 0 Å². The third kappa shape index (κ3) is 1.95. The molecular formula is C15H22O3. The van der Waals surface area contributed by atoms with Crippen LogP contribution in [0, 0.1) is 5.92 Å². The highest BCUT2D eigenvalue weighted by atomic mass is 16.5. The monoisotopic (exact) mass is 250 g/mol. The molecule has 1 saturated heterocycles. The van der Waals surface area contributed by atoms with Crippen molar-refractivity contribution in [3.8, 4) is 0 Å². The maximum atomic E-state index is 12.3. The van der Waals surface area contributed by atoms with Crippen LogP contribution in [0.5, 0.6) is 0 Å². The van der Waals surface area contributed by atoms with Gasteiger partial charge in [0.25, 0.3) is 0 Å². The molecule has 0 aromatic heterocycles. The normalized spacial score (nSPS) is 34.9. The molecule has 0 aromatic rings. The minimum absolute atomic E-state index is 0.0889. The summed E-state index contributed by atoms with van der Waals surface area (Å²) < 4.78 is 6.16. The molecule has 0 spiro atoms. The second-order valence-corrected chi connectivity index (χ2v) is 6.11. The van der Waals surface area contributed by atoms with Crippen molar-refractivity contribution in [2.75, 3.05) is 0 Å². The molecule has 0 N–H and O–H groups in total. The van der Waals surface area contributed by atoms with Crippen molar-refractivity contribution in [3.63, 3.8) is 0 Å². The molecule has 2 atom stereocenters. The number of rotatable bonds is 4. The van der Waals surface area contributed by atoms with Crippen LogP contribution in [0.3, 0.4) is 0 Å². The van der Waals surface area contributed by atoms with Crippen molar-refractivity contribution in [3.05, 3.63) is 11.6 Å². The minimum Gasteiger partial charge on any atom is -0.356 e. The second kappa shape index (κ2) is 4.30. The van der Waals surface area contributed by atoms with E-state index in [1.54, 1.807) is 13.0 Å². The number of hydrogen-bond acceptors (Lipinski definition) is 3. The lowest BCUT2D eigenvalue weighted by atomic mass is 9.83. The molecule has 2 aliphatic heterocycles. The summed E-state index contributed by atoms with van der Waals surface area (Å²) in [6, 6.07) is 0. The molecule has 2 bridgehead atoms. The van der Waals surface area contributed by atoms with Gasteiger partial charge in [0.1, 0.15) is 11.4 Å². The number of hydrogen-bond donors (Lipinski definition) is 0. The lowest BCUT2D eigenvalue weighted by Crippen LogP contribution is -2.48. The summed E-state index contributed by atoms with van der Waals surface area (Å²) in [7, 11) is 0. The molecule has 0 amide bonds. The minimum atomic E-state index is -0.617. The zero-order valence-corrected chi connectivity index (χ0v) is 11.7. The van der Waals surface area contributed by atoms with E-state index in [9.17, 15) is 9.59 Å². The zero-order valence-electron chi connectivity index (χ0n) is 11.7. The molecule has 0 radical (unpaired) electrons. The van der Waals surface area contributed by atoms with Gasteiger partial charge < -0.3 is 9.53 Å². The van der Waals surface area contributed by atoms with Crippen LogP contribution >= 0.6 is 0 Å². The third-order valence-corrected chi connectivity index (χ3v) is 4.46. The Balaban J connectivity index is 2.28. The fourth-order valence-corrected chi connectivity index (χ4v) is 3.10. The predicted octanol–water partition coefficient (Wildman–Crippen LogP) is 2.83. The van der Waals surface area contributed by atoms with Gasteiger partial charge in [-0.1, -0.05) is 13.8 Å². The van der Waals surface area contributed by atoms with Crippen LogP contribution in [0.25, 0.3) is 0 Å². The summed E-state index contributed by atoms with van der Waals surface area (Å²) in [6.45, 7) is 7.72. The van der Waals surface area contributed by atoms with Gasteiger partial charge in [0.15, 0.2) is 5.78 Å². The Hall–Kier alpha value is -0.960. The highest BCUT2D eigenvalue weighted by Gasteiger charge is 2.56. The topological polar surface area (TPSA) is 43.4 Å². The number of fused-ring (bicyclic) bond motifs is 2. The zero-order chi connectivity index (χ0) is 13.6. The van der Waals surface area contributed by atoms with E-state index in [2.05, 4.69) is 6.92 Å². The lowest BCUT2D eigenvalue weighted by molar-refractivity contribution is -0.155. The van der Waals surface area contributed by atoms with Crippen molar-refractivity contribution >= 4 is 11.6 Å². The molecular weight excluding hydrogens is 228 g/mol. The number of ether oxygens (including phenoxy) is 1. The van der Waals surface area contributed by atoms with Crippen molar-refractivity contribution in [2.45, 2.75) is 64.6 Å². The van der Waals surface area contributed by atoms with Gasteiger partial charge in [-0.05, 0) is 50.7 Å². The first-order valence-electron chi connectivity index (χ1n) is 6.75. The summed E-state index contributed by atoms with van der Waals surface area (Å²) in [5, 5.41) is 0. The fourth-order valence-electron chi connectivity index (χ4n) is 3.10. The van der Waals surface area contributed by atoms with E-state index in [1.807, 2.05) is 13.8 Å². The lowest BCUT2D eigenvalue weighted by Gasteiger charge is -2.39. The Morgan fingerprint density at radius 1 is 1.44 bits per heavy atom. The Bertz CT molecular complexity index is 421. The average molecular weight is 250 g/mol. The van der Waals surface area contributed by atoms with Crippen molar-refractivity contribution < 1.29 is 14.3 Å². The van der Waals surface area contributed by atoms with Crippen LogP contribution in [0.4, 0.5) is 0 Å². The maximum Gasteiger partial charge on any atom is 0.187 e. The van der Waals surface area contributed by atoms with Crippen LogP contribution < -0.4 is 0 Å². The number of carbonyl (C=O) groups is 2. The van der Waals surface area contributed by atoms with Crippen LogP contribution in [0.1, 0.15) is 53.4 Å². The summed E-state index contributed by atoms with van der Waals surface area (Å²) in [5.74, 6) is 0.439. The SMILES string of the molecule is CC(=O)CCC1=CC(=O)[C@]2(C(C)C)CC[C@@]1(C)O2. The van der Waals surface area contributed by atoms with E-state index in [0.717, 1.165) is 18.4 Å². The molecule has 18 heavy (non-hydrogen) atoms. The molecule has 0 aliphatic carbocycles. The van der Waals surface area contributed by atoms with E-state index in [1.165, 1.54) is 0 Å². The Morgan fingerprint density at radius 3 is 2.67 bits per heavy atom. The summed E-state index contributed by atoms with van der Waals surface area (Å²) in [5.41, 5.74) is 0.0405. The Kier molecular flexibility index (Phi) is 3.22. The third-order valence-electron chi connectivity index (χ3n) is 4.46. The number of ketones is 2. The fraction of sp³-hybridized carbons (Fsp3) is 0.733. The van der Waals surface area contributed by atoms with Crippen LogP contribution in [-0.2, 0) is 14.3 Å². The summed E-state index contributed by atoms with van der Waals surface area (Å²) in [4.78, 5) is 23.4. The highest BCUT2D eigenvalue weighted by Crippen LogP contribution is 2.50. The van der Waals surface area contributed by atoms with Crippen LogP contribution in [0.2, 0.25) is 0 Å². The molecule has 3 heteroatoms. The molecule has 2 heterocycles. The maximum absolute atomic E-state index is 12.3. The molecule has 0 aromatic carbocycles. The molecule has 1 fully saturated rings. The van der Waals surface area contributed by atoms with E-state index < -0.39 is 5.60 Å². The first-order chi connectivity index (χ1) is 8.30. The van der Waals surface area contributed by atoms with E-state index in [0.29, 0.717) is 12.8 Å². The van der Waals surface area contributed by atoms with Gasteiger partial charge >= 0.3 is 0 Å². The quantitative estimate of drug-likeness (QED) is 0.770. The van der Waals surface area contributed by atoms with Gasteiger partial charge in [-0.25, -0.2) is 0 Å². The number of Topliss-reactive ketones (excluding diaryl/α,β-unsaturated/α-hetero) is 1. The molecule has 100 valence electrons. The van der Waals surface area contributed by atoms with Gasteiger partial charge in [-0.3, -0.25) is 4.79 Å². The molecule has 3 nitrogen and oxygen atoms in total. The molecule has 2 rings (SSSR count). The van der Waals surface area contributed by atoms with Crippen molar-refractivity contribution in [1.29, 1.82) is 0 Å². The summed E-state index contributed by atoms with van der Waals surface area (Å²) in [6.07, 6.45) is 4.55. The molecule has 0 saturated carbocycles. The average Bonchev–Trinajstić information content (AvgIpc) is 2.60. The van der Waals surface area contributed by atoms with Crippen LogP contribution in [-0.4, -0.2) is 22.8 Å². The Labute approximate surface area is 109 Å². The first kappa shape index (κ1) is 13.5. The predicted molar refractivity (Wildman–Crippen MR) is 69.3 cm³/mol. The molecule has 0 unspecified atom stereocenters. The number of carbonyl (C=O) groups excluding carboxylic acids is 2. The molecule has 2 aliphatic rings. The van der Waals surface area contributed by atoms with Crippen molar-refractivity contribution in [1.82, 2.24) is 0 Å². The highest BCUT2D eigenvalue weighted by molar-refractivity contribution is 5.99.